The zero-order chi connectivity index (χ0) is 18.9. The van der Waals surface area contributed by atoms with Gasteiger partial charge in [0.2, 0.25) is 0 Å². The van der Waals surface area contributed by atoms with Gasteiger partial charge in [0.15, 0.2) is 5.69 Å². The molecule has 0 saturated carbocycles. The zero-order valence-corrected chi connectivity index (χ0v) is 16.3. The molecule has 1 atom stereocenters. The minimum atomic E-state index is -4.41. The molecule has 1 N–H and O–H groups in total. The van der Waals surface area contributed by atoms with Crippen molar-refractivity contribution in [1.29, 1.82) is 0 Å². The van der Waals surface area contributed by atoms with Crippen molar-refractivity contribution in [2.24, 2.45) is 0 Å². The second-order valence-corrected chi connectivity index (χ2v) is 7.27. The number of likely N-dealkylation sites (tertiary alicyclic amines) is 1. The van der Waals surface area contributed by atoms with Crippen LogP contribution in [0.3, 0.4) is 0 Å². The second kappa shape index (κ2) is 8.82. The van der Waals surface area contributed by atoms with Gasteiger partial charge in [0.25, 0.3) is 0 Å². The fraction of sp³-hybridized carbons (Fsp3) is 0.526. The fourth-order valence-corrected chi connectivity index (χ4v) is 3.93. The highest BCUT2D eigenvalue weighted by molar-refractivity contribution is 5.85. The van der Waals surface area contributed by atoms with Crippen LogP contribution in [0.25, 0.3) is 5.69 Å². The van der Waals surface area contributed by atoms with Crippen molar-refractivity contribution >= 4 is 12.4 Å². The normalized spacial score (nSPS) is 21.6. The Morgan fingerprint density at radius 2 is 1.75 bits per heavy atom. The molecule has 9 heteroatoms. The lowest BCUT2D eigenvalue weighted by atomic mass is 10.2. The molecule has 2 fully saturated rings. The molecule has 0 spiro atoms. The first-order chi connectivity index (χ1) is 13.0. The molecule has 2 aromatic rings. The molecule has 0 amide bonds. The van der Waals surface area contributed by atoms with Crippen LogP contribution in [-0.4, -0.2) is 64.9 Å². The molecular formula is C19H25ClF3N5. The van der Waals surface area contributed by atoms with Crippen LogP contribution in [-0.2, 0) is 12.7 Å². The molecule has 28 heavy (non-hydrogen) atoms. The Morgan fingerprint density at radius 3 is 2.39 bits per heavy atom. The monoisotopic (exact) mass is 415 g/mol. The number of nitrogens with zero attached hydrogens (tertiary/aromatic N) is 4. The van der Waals surface area contributed by atoms with E-state index in [1.807, 2.05) is 24.3 Å². The topological polar surface area (TPSA) is 36.3 Å². The summed E-state index contributed by atoms with van der Waals surface area (Å²) < 4.78 is 39.3. The Bertz CT molecular complexity index is 756. The molecule has 154 valence electrons. The Balaban J connectivity index is 0.00000225. The van der Waals surface area contributed by atoms with E-state index in [0.29, 0.717) is 11.7 Å². The maximum Gasteiger partial charge on any atom is 0.435 e. The SMILES string of the molecule is Cl.FC(F)(F)c1ccn(-c2ccc(CN3CCC(N4CCNCC4)C3)cc2)n1. The fourth-order valence-electron chi connectivity index (χ4n) is 3.93. The van der Waals surface area contributed by atoms with Gasteiger partial charge in [-0.3, -0.25) is 9.80 Å². The molecule has 2 aliphatic rings. The lowest BCUT2D eigenvalue weighted by molar-refractivity contribution is -0.141. The van der Waals surface area contributed by atoms with Crippen molar-refractivity contribution in [1.82, 2.24) is 24.9 Å². The predicted octanol–water partition coefficient (Wildman–Crippen LogP) is 2.79. The minimum Gasteiger partial charge on any atom is -0.314 e. The van der Waals surface area contributed by atoms with E-state index in [1.165, 1.54) is 22.9 Å². The standard InChI is InChI=1S/C19H24F3N5.ClH/c20-19(21,22)18-6-10-27(24-18)16-3-1-15(2-4-16)13-25-9-5-17(14-25)26-11-7-23-8-12-26;/h1-4,6,10,17,23H,5,7-9,11-14H2;1H. The largest absolute Gasteiger partial charge is 0.435 e. The first-order valence-electron chi connectivity index (χ1n) is 9.38. The van der Waals surface area contributed by atoms with Gasteiger partial charge in [0.1, 0.15) is 0 Å². The van der Waals surface area contributed by atoms with Crippen molar-refractivity contribution in [3.05, 3.63) is 47.8 Å². The van der Waals surface area contributed by atoms with Crippen LogP contribution in [0.15, 0.2) is 36.5 Å². The molecule has 0 bridgehead atoms. The number of hydrogen-bond donors (Lipinski definition) is 1. The highest BCUT2D eigenvalue weighted by atomic mass is 35.5. The summed E-state index contributed by atoms with van der Waals surface area (Å²) in [5, 5.41) is 7.01. The number of piperazine rings is 1. The van der Waals surface area contributed by atoms with E-state index < -0.39 is 11.9 Å². The van der Waals surface area contributed by atoms with Gasteiger partial charge >= 0.3 is 6.18 Å². The number of benzene rings is 1. The van der Waals surface area contributed by atoms with Crippen molar-refractivity contribution < 1.29 is 13.2 Å². The molecule has 0 radical (unpaired) electrons. The molecule has 2 saturated heterocycles. The van der Waals surface area contributed by atoms with Gasteiger partial charge < -0.3 is 5.32 Å². The second-order valence-electron chi connectivity index (χ2n) is 7.27. The first-order valence-corrected chi connectivity index (χ1v) is 9.38. The van der Waals surface area contributed by atoms with E-state index in [4.69, 9.17) is 0 Å². The van der Waals surface area contributed by atoms with Crippen LogP contribution < -0.4 is 5.32 Å². The summed E-state index contributed by atoms with van der Waals surface area (Å²) >= 11 is 0. The maximum absolute atomic E-state index is 12.7. The van der Waals surface area contributed by atoms with Crippen LogP contribution in [0.1, 0.15) is 17.7 Å². The average Bonchev–Trinajstić information content (AvgIpc) is 3.33. The van der Waals surface area contributed by atoms with E-state index in [9.17, 15) is 13.2 Å². The van der Waals surface area contributed by atoms with Gasteiger partial charge in [0.05, 0.1) is 5.69 Å². The summed E-state index contributed by atoms with van der Waals surface area (Å²) in [4.78, 5) is 5.03. The molecule has 4 rings (SSSR count). The molecule has 2 aliphatic heterocycles. The van der Waals surface area contributed by atoms with Crippen LogP contribution in [0.5, 0.6) is 0 Å². The van der Waals surface area contributed by atoms with Gasteiger partial charge in [-0.05, 0) is 30.2 Å². The number of rotatable bonds is 4. The van der Waals surface area contributed by atoms with Crippen LogP contribution in [0.2, 0.25) is 0 Å². The molecule has 0 aliphatic carbocycles. The van der Waals surface area contributed by atoms with Crippen LogP contribution >= 0.6 is 12.4 Å². The third-order valence-corrected chi connectivity index (χ3v) is 5.40. The van der Waals surface area contributed by atoms with Crippen LogP contribution in [0, 0.1) is 0 Å². The highest BCUT2D eigenvalue weighted by Crippen LogP contribution is 2.28. The Morgan fingerprint density at radius 1 is 1.04 bits per heavy atom. The summed E-state index contributed by atoms with van der Waals surface area (Å²) in [6, 6.07) is 9.23. The number of hydrogen-bond acceptors (Lipinski definition) is 4. The van der Waals surface area contributed by atoms with Gasteiger partial charge in [-0.1, -0.05) is 12.1 Å². The van der Waals surface area contributed by atoms with Gasteiger partial charge in [0, 0.05) is 58.1 Å². The van der Waals surface area contributed by atoms with E-state index in [1.54, 1.807) is 0 Å². The third kappa shape index (κ3) is 4.86. The quantitative estimate of drug-likeness (QED) is 0.833. The molecule has 1 unspecified atom stereocenters. The highest BCUT2D eigenvalue weighted by Gasteiger charge is 2.33. The summed E-state index contributed by atoms with van der Waals surface area (Å²) in [6.07, 6.45) is -1.87. The summed E-state index contributed by atoms with van der Waals surface area (Å²) in [7, 11) is 0. The molecule has 1 aromatic heterocycles. The van der Waals surface area contributed by atoms with Crippen LogP contribution in [0.4, 0.5) is 13.2 Å². The van der Waals surface area contributed by atoms with E-state index in [0.717, 1.165) is 51.9 Å². The van der Waals surface area contributed by atoms with Crippen molar-refractivity contribution in [3.8, 4) is 5.69 Å². The first kappa shape index (κ1) is 21.1. The third-order valence-electron chi connectivity index (χ3n) is 5.40. The average molecular weight is 416 g/mol. The number of aromatic nitrogens is 2. The van der Waals surface area contributed by atoms with Gasteiger partial charge in [-0.2, -0.15) is 18.3 Å². The minimum absolute atomic E-state index is 0. The van der Waals surface area contributed by atoms with Crippen molar-refractivity contribution in [2.45, 2.75) is 25.2 Å². The summed E-state index contributed by atoms with van der Waals surface area (Å²) in [5.74, 6) is 0. The predicted molar refractivity (Wildman–Crippen MR) is 104 cm³/mol. The zero-order valence-electron chi connectivity index (χ0n) is 15.5. The smallest absolute Gasteiger partial charge is 0.314 e. The van der Waals surface area contributed by atoms with Crippen molar-refractivity contribution in [2.75, 3.05) is 39.3 Å². The van der Waals surface area contributed by atoms with E-state index in [2.05, 4.69) is 20.2 Å². The Labute approximate surface area is 168 Å². The summed E-state index contributed by atoms with van der Waals surface area (Å²) in [5.41, 5.74) is 0.930. The molecule has 3 heterocycles. The number of alkyl halides is 3. The van der Waals surface area contributed by atoms with E-state index >= 15 is 0 Å². The van der Waals surface area contributed by atoms with Gasteiger partial charge in [-0.25, -0.2) is 4.68 Å². The van der Waals surface area contributed by atoms with Crippen molar-refractivity contribution in [3.63, 3.8) is 0 Å². The molecule has 1 aromatic carbocycles. The van der Waals surface area contributed by atoms with Gasteiger partial charge in [-0.15, -0.1) is 12.4 Å². The maximum atomic E-state index is 12.7. The van der Waals surface area contributed by atoms with E-state index in [-0.39, 0.29) is 12.4 Å². The Hall–Kier alpha value is -1.61. The lowest BCUT2D eigenvalue weighted by Crippen LogP contribution is -2.49. The summed E-state index contributed by atoms with van der Waals surface area (Å²) in [6.45, 7) is 7.42. The molecular weight excluding hydrogens is 391 g/mol. The Kier molecular flexibility index (Phi) is 6.65. The molecule has 5 nitrogen and oxygen atoms in total. The number of nitrogens with one attached hydrogen (secondary N) is 1. The lowest BCUT2D eigenvalue weighted by Gasteiger charge is -2.32. The number of halogens is 4.